The highest BCUT2D eigenvalue weighted by Gasteiger charge is 2.22. The molecule has 2 aromatic carbocycles. The maximum absolute atomic E-state index is 13.6. The van der Waals surface area contributed by atoms with Crippen LogP contribution in [0.25, 0.3) is 5.69 Å². The molecule has 0 saturated heterocycles. The van der Waals surface area contributed by atoms with Crippen molar-refractivity contribution >= 4 is 0 Å². The molecule has 0 aliphatic carbocycles. The van der Waals surface area contributed by atoms with Gasteiger partial charge in [0.25, 0.3) is 0 Å². The number of nitrogens with two attached hydrogens (primary N) is 1. The number of aliphatic hydroxyl groups is 1. The van der Waals surface area contributed by atoms with Crippen molar-refractivity contribution < 1.29 is 19.0 Å². The number of methoxy groups -OCH3 is 1. The number of hydrogen-bond donors (Lipinski definition) is 2. The molecule has 3 N–H and O–H groups in total. The van der Waals surface area contributed by atoms with Crippen LogP contribution < -0.4 is 15.2 Å². The van der Waals surface area contributed by atoms with Crippen LogP contribution in [0, 0.1) is 5.82 Å². The molecule has 1 aromatic heterocycles. The van der Waals surface area contributed by atoms with E-state index in [0.717, 1.165) is 0 Å². The van der Waals surface area contributed by atoms with E-state index < -0.39 is 18.0 Å². The number of ether oxygens (including phenoxy) is 2. The number of halogens is 1. The number of aliphatic hydroxyl groups excluding tert-OH is 1. The first-order valence-corrected chi connectivity index (χ1v) is 8.40. The van der Waals surface area contributed by atoms with Gasteiger partial charge in [-0.05, 0) is 37.3 Å². The van der Waals surface area contributed by atoms with Crippen LogP contribution in [0.3, 0.4) is 0 Å². The summed E-state index contributed by atoms with van der Waals surface area (Å²) in [5, 5.41) is 14.2. The van der Waals surface area contributed by atoms with E-state index in [9.17, 15) is 9.50 Å². The maximum atomic E-state index is 13.6. The molecule has 3 rings (SSSR count). The molecular formula is C19H21FN4O3. The van der Waals surface area contributed by atoms with Crippen LogP contribution in [0.5, 0.6) is 11.5 Å². The molecule has 27 heavy (non-hydrogen) atoms. The van der Waals surface area contributed by atoms with E-state index >= 15 is 0 Å². The molecule has 142 valence electrons. The summed E-state index contributed by atoms with van der Waals surface area (Å²) in [6.45, 7) is 1.64. The van der Waals surface area contributed by atoms with Gasteiger partial charge in [-0.15, -0.1) is 5.10 Å². The molecule has 0 radical (unpaired) electrons. The van der Waals surface area contributed by atoms with Crippen molar-refractivity contribution in [1.82, 2.24) is 14.8 Å². The van der Waals surface area contributed by atoms with Gasteiger partial charge in [-0.2, -0.15) is 0 Å². The Kier molecular flexibility index (Phi) is 5.68. The molecule has 7 nitrogen and oxygen atoms in total. The first kappa shape index (κ1) is 18.8. The summed E-state index contributed by atoms with van der Waals surface area (Å²) >= 11 is 0. The fourth-order valence-electron chi connectivity index (χ4n) is 2.50. The van der Waals surface area contributed by atoms with Crippen LogP contribution in [0.1, 0.15) is 24.6 Å². The summed E-state index contributed by atoms with van der Waals surface area (Å²) in [5.74, 6) is 1.53. The smallest absolute Gasteiger partial charge is 0.188 e. The van der Waals surface area contributed by atoms with Crippen LogP contribution in [0.15, 0.2) is 48.5 Å². The lowest BCUT2D eigenvalue weighted by molar-refractivity contribution is 0.159. The molecule has 0 bridgehead atoms. The predicted molar refractivity (Wildman–Crippen MR) is 97.3 cm³/mol. The van der Waals surface area contributed by atoms with Crippen molar-refractivity contribution in [3.63, 3.8) is 0 Å². The van der Waals surface area contributed by atoms with Gasteiger partial charge in [0.05, 0.1) is 24.9 Å². The molecule has 0 fully saturated rings. The predicted octanol–water partition coefficient (Wildman–Crippen LogP) is 2.37. The second-order valence-corrected chi connectivity index (χ2v) is 6.01. The summed E-state index contributed by atoms with van der Waals surface area (Å²) in [5.41, 5.74) is 6.51. The molecule has 0 saturated carbocycles. The summed E-state index contributed by atoms with van der Waals surface area (Å²) in [6, 6.07) is 12.3. The number of benzene rings is 2. The highest BCUT2D eigenvalue weighted by molar-refractivity contribution is 5.34. The third kappa shape index (κ3) is 4.42. The summed E-state index contributed by atoms with van der Waals surface area (Å²) in [4.78, 5) is 4.38. The van der Waals surface area contributed by atoms with Gasteiger partial charge in [0.2, 0.25) is 0 Å². The number of hydrogen-bond acceptors (Lipinski definition) is 6. The van der Waals surface area contributed by atoms with Gasteiger partial charge in [0, 0.05) is 6.07 Å². The van der Waals surface area contributed by atoms with Gasteiger partial charge in [0.15, 0.2) is 11.6 Å². The third-order valence-electron chi connectivity index (χ3n) is 3.96. The minimum absolute atomic E-state index is 0.0784. The molecule has 3 aromatic rings. The van der Waals surface area contributed by atoms with Gasteiger partial charge >= 0.3 is 0 Å². The topological polar surface area (TPSA) is 95.4 Å². The largest absolute Gasteiger partial charge is 0.497 e. The van der Waals surface area contributed by atoms with E-state index in [1.54, 1.807) is 38.3 Å². The van der Waals surface area contributed by atoms with Crippen molar-refractivity contribution in [2.75, 3.05) is 7.11 Å². The van der Waals surface area contributed by atoms with E-state index in [2.05, 4.69) is 10.1 Å². The lowest BCUT2D eigenvalue weighted by atomic mass is 10.2. The Morgan fingerprint density at radius 1 is 1.19 bits per heavy atom. The molecule has 0 unspecified atom stereocenters. The molecule has 0 amide bonds. The fourth-order valence-corrected chi connectivity index (χ4v) is 2.50. The average molecular weight is 372 g/mol. The highest BCUT2D eigenvalue weighted by atomic mass is 19.1. The molecule has 0 spiro atoms. The maximum Gasteiger partial charge on any atom is 0.188 e. The molecule has 2 atom stereocenters. The van der Waals surface area contributed by atoms with Gasteiger partial charge in [0.1, 0.15) is 23.9 Å². The van der Waals surface area contributed by atoms with Crippen LogP contribution in [0.4, 0.5) is 4.39 Å². The van der Waals surface area contributed by atoms with Crippen molar-refractivity contribution in [3.05, 3.63) is 66.0 Å². The zero-order valence-electron chi connectivity index (χ0n) is 15.0. The minimum atomic E-state index is -0.853. The summed E-state index contributed by atoms with van der Waals surface area (Å²) in [6.07, 6.45) is -0.853. The van der Waals surface area contributed by atoms with E-state index in [1.165, 1.54) is 16.8 Å². The average Bonchev–Trinajstić information content (AvgIpc) is 3.10. The summed E-state index contributed by atoms with van der Waals surface area (Å²) < 4.78 is 25.9. The van der Waals surface area contributed by atoms with Crippen LogP contribution in [-0.4, -0.2) is 33.1 Å². The second kappa shape index (κ2) is 8.15. The third-order valence-corrected chi connectivity index (χ3v) is 3.96. The Morgan fingerprint density at radius 3 is 2.63 bits per heavy atom. The lowest BCUT2D eigenvalue weighted by Crippen LogP contribution is -2.26. The van der Waals surface area contributed by atoms with Crippen molar-refractivity contribution in [3.8, 4) is 17.2 Å². The number of nitrogens with zero attached hydrogens (tertiary/aromatic N) is 3. The first-order chi connectivity index (χ1) is 13.0. The highest BCUT2D eigenvalue weighted by Crippen LogP contribution is 2.21. The Hall–Kier alpha value is -2.97. The zero-order valence-corrected chi connectivity index (χ0v) is 15.0. The van der Waals surface area contributed by atoms with Crippen molar-refractivity contribution in [2.45, 2.75) is 25.7 Å². The van der Waals surface area contributed by atoms with Crippen LogP contribution in [-0.2, 0) is 6.61 Å². The molecule has 0 aliphatic rings. The van der Waals surface area contributed by atoms with E-state index in [1.807, 2.05) is 12.1 Å². The van der Waals surface area contributed by atoms with E-state index in [4.69, 9.17) is 15.2 Å². The second-order valence-electron chi connectivity index (χ2n) is 6.01. The SMILES string of the molecule is COc1cccc(OCc2nc([C@H](N)[C@H](C)O)n(-c3cccc(F)c3)n2)c1. The van der Waals surface area contributed by atoms with Crippen LogP contribution in [0.2, 0.25) is 0 Å². The van der Waals surface area contributed by atoms with Crippen molar-refractivity contribution in [2.24, 2.45) is 5.73 Å². The summed E-state index contributed by atoms with van der Waals surface area (Å²) in [7, 11) is 1.57. The first-order valence-electron chi connectivity index (χ1n) is 8.40. The molecule has 1 heterocycles. The van der Waals surface area contributed by atoms with Crippen LogP contribution >= 0.6 is 0 Å². The van der Waals surface area contributed by atoms with Gasteiger partial charge < -0.3 is 20.3 Å². The van der Waals surface area contributed by atoms with Gasteiger partial charge in [-0.1, -0.05) is 12.1 Å². The molecule has 0 aliphatic heterocycles. The molecular weight excluding hydrogens is 351 g/mol. The van der Waals surface area contributed by atoms with E-state index in [0.29, 0.717) is 28.8 Å². The number of aromatic nitrogens is 3. The monoisotopic (exact) mass is 372 g/mol. The molecule has 8 heteroatoms. The fraction of sp³-hybridized carbons (Fsp3) is 0.263. The normalized spacial score (nSPS) is 13.2. The van der Waals surface area contributed by atoms with Crippen molar-refractivity contribution in [1.29, 1.82) is 0 Å². The zero-order chi connectivity index (χ0) is 19.4. The number of rotatable bonds is 7. The van der Waals surface area contributed by atoms with E-state index in [-0.39, 0.29) is 6.61 Å². The standard InChI is InChI=1S/C19H21FN4O3/c1-12(25)18(21)19-22-17(11-27-16-8-4-7-15(10-16)26-2)23-24(19)14-6-3-5-13(20)9-14/h3-10,12,18,25H,11,21H2,1-2H3/t12-,18+/m0/s1. The Labute approximate surface area is 156 Å². The minimum Gasteiger partial charge on any atom is -0.497 e. The lowest BCUT2D eigenvalue weighted by Gasteiger charge is -2.15. The Balaban J connectivity index is 1.88. The van der Waals surface area contributed by atoms with Gasteiger partial charge in [-0.25, -0.2) is 14.1 Å². The Morgan fingerprint density at radius 2 is 1.93 bits per heavy atom. The van der Waals surface area contributed by atoms with Gasteiger partial charge in [-0.3, -0.25) is 0 Å². The quantitative estimate of drug-likeness (QED) is 0.661. The Bertz CT molecular complexity index is 913.